The molecule has 0 bridgehead atoms. The van der Waals surface area contributed by atoms with Gasteiger partial charge < -0.3 is 22.9 Å². The van der Waals surface area contributed by atoms with Gasteiger partial charge in [0.05, 0.1) is 0 Å². The van der Waals surface area contributed by atoms with Crippen molar-refractivity contribution in [2.45, 2.75) is 50.6 Å². The lowest BCUT2D eigenvalue weighted by Crippen LogP contribution is -2.41. The summed E-state index contributed by atoms with van der Waals surface area (Å²) in [7, 11) is 0. The minimum absolute atomic E-state index is 0.124. The average molecular weight is 202 g/mol. The number of unbranched alkanes of at least 4 members (excludes halogenated alkanes) is 2. The van der Waals surface area contributed by atoms with Crippen molar-refractivity contribution in [3.8, 4) is 0 Å². The first-order valence-electron chi connectivity index (χ1n) is 5.63. The summed E-state index contributed by atoms with van der Waals surface area (Å²) in [5.41, 5.74) is 22.7. The Morgan fingerprint density at radius 2 is 1.00 bits per heavy atom. The van der Waals surface area contributed by atoms with E-state index in [0.29, 0.717) is 0 Å². The summed E-state index contributed by atoms with van der Waals surface area (Å²) in [5.74, 6) is 0. The first kappa shape index (κ1) is 13.8. The van der Waals surface area contributed by atoms with E-state index in [4.69, 9.17) is 22.9 Å². The molecule has 4 heteroatoms. The fourth-order valence-electron chi connectivity index (χ4n) is 1.48. The van der Waals surface area contributed by atoms with Crippen LogP contribution in [0.15, 0.2) is 0 Å². The SMILES string of the molecule is NCCCCC(N)C(N)CCCCN. The molecule has 14 heavy (non-hydrogen) atoms. The third-order valence-corrected chi connectivity index (χ3v) is 2.53. The van der Waals surface area contributed by atoms with Crippen LogP contribution in [0.5, 0.6) is 0 Å². The Bertz CT molecular complexity index is 105. The van der Waals surface area contributed by atoms with E-state index in [2.05, 4.69) is 0 Å². The monoisotopic (exact) mass is 202 g/mol. The van der Waals surface area contributed by atoms with Crippen molar-refractivity contribution in [2.24, 2.45) is 22.9 Å². The molecule has 0 aliphatic heterocycles. The maximum atomic E-state index is 5.94. The number of hydrogen-bond acceptors (Lipinski definition) is 4. The van der Waals surface area contributed by atoms with Crippen molar-refractivity contribution in [3.05, 3.63) is 0 Å². The Morgan fingerprint density at radius 3 is 1.29 bits per heavy atom. The number of rotatable bonds is 9. The summed E-state index contributed by atoms with van der Waals surface area (Å²) < 4.78 is 0. The van der Waals surface area contributed by atoms with Crippen molar-refractivity contribution in [1.29, 1.82) is 0 Å². The molecule has 0 aliphatic rings. The molecule has 0 saturated heterocycles. The van der Waals surface area contributed by atoms with Crippen molar-refractivity contribution >= 4 is 0 Å². The van der Waals surface area contributed by atoms with Crippen LogP contribution in [0, 0.1) is 0 Å². The summed E-state index contributed by atoms with van der Waals surface area (Å²) in [6.07, 6.45) is 6.24. The van der Waals surface area contributed by atoms with Crippen LogP contribution in [0.3, 0.4) is 0 Å². The molecule has 0 heterocycles. The highest BCUT2D eigenvalue weighted by Gasteiger charge is 2.11. The molecule has 0 saturated carbocycles. The average Bonchev–Trinajstić information content (AvgIpc) is 2.18. The first-order valence-corrected chi connectivity index (χ1v) is 5.63. The highest BCUT2D eigenvalue weighted by atomic mass is 14.8. The zero-order valence-corrected chi connectivity index (χ0v) is 9.12. The smallest absolute Gasteiger partial charge is 0.0192 e. The Balaban J connectivity index is 3.39. The Hall–Kier alpha value is -0.160. The second-order valence-corrected chi connectivity index (χ2v) is 3.90. The normalized spacial score (nSPS) is 15.4. The van der Waals surface area contributed by atoms with Crippen molar-refractivity contribution in [1.82, 2.24) is 0 Å². The molecule has 0 rings (SSSR count). The van der Waals surface area contributed by atoms with Gasteiger partial charge in [-0.3, -0.25) is 0 Å². The van der Waals surface area contributed by atoms with E-state index in [1.165, 1.54) is 0 Å². The molecular weight excluding hydrogens is 176 g/mol. The Kier molecular flexibility index (Phi) is 9.29. The molecule has 2 unspecified atom stereocenters. The van der Waals surface area contributed by atoms with Gasteiger partial charge in [-0.1, -0.05) is 12.8 Å². The van der Waals surface area contributed by atoms with Crippen molar-refractivity contribution < 1.29 is 0 Å². The number of nitrogens with two attached hydrogens (primary N) is 4. The molecule has 0 amide bonds. The van der Waals surface area contributed by atoms with Gasteiger partial charge in [-0.2, -0.15) is 0 Å². The first-order chi connectivity index (χ1) is 6.72. The van der Waals surface area contributed by atoms with Gasteiger partial charge >= 0.3 is 0 Å². The predicted octanol–water partition coefficient (Wildman–Crippen LogP) is -0.101. The maximum Gasteiger partial charge on any atom is 0.0192 e. The van der Waals surface area contributed by atoms with Gasteiger partial charge in [-0.05, 0) is 38.8 Å². The second kappa shape index (κ2) is 9.40. The van der Waals surface area contributed by atoms with Crippen LogP contribution in [0.1, 0.15) is 38.5 Å². The van der Waals surface area contributed by atoms with Crippen molar-refractivity contribution in [2.75, 3.05) is 13.1 Å². The molecule has 0 aromatic carbocycles. The van der Waals surface area contributed by atoms with E-state index in [0.717, 1.165) is 51.6 Å². The molecule has 0 aromatic rings. The van der Waals surface area contributed by atoms with Crippen LogP contribution < -0.4 is 22.9 Å². The topological polar surface area (TPSA) is 104 Å². The predicted molar refractivity (Wildman–Crippen MR) is 61.8 cm³/mol. The summed E-state index contributed by atoms with van der Waals surface area (Å²) in [4.78, 5) is 0. The molecule has 0 aliphatic carbocycles. The highest BCUT2D eigenvalue weighted by molar-refractivity contribution is 4.75. The highest BCUT2D eigenvalue weighted by Crippen LogP contribution is 2.06. The summed E-state index contributed by atoms with van der Waals surface area (Å²) >= 11 is 0. The molecule has 8 N–H and O–H groups in total. The Labute approximate surface area is 87.4 Å². The quantitative estimate of drug-likeness (QED) is 0.392. The summed E-state index contributed by atoms with van der Waals surface area (Å²) in [6.45, 7) is 1.49. The van der Waals surface area contributed by atoms with Gasteiger partial charge in [0.25, 0.3) is 0 Å². The van der Waals surface area contributed by atoms with E-state index in [1.807, 2.05) is 0 Å². The lowest BCUT2D eigenvalue weighted by molar-refractivity contribution is 0.441. The molecule has 0 fully saturated rings. The fourth-order valence-corrected chi connectivity index (χ4v) is 1.48. The minimum atomic E-state index is 0.124. The Morgan fingerprint density at radius 1 is 0.643 bits per heavy atom. The molecule has 0 radical (unpaired) electrons. The van der Waals surface area contributed by atoms with Crippen LogP contribution in [0.4, 0.5) is 0 Å². The molecular formula is C10H26N4. The third kappa shape index (κ3) is 7.26. The van der Waals surface area contributed by atoms with Gasteiger partial charge in [-0.15, -0.1) is 0 Å². The van der Waals surface area contributed by atoms with Crippen LogP contribution in [0.25, 0.3) is 0 Å². The van der Waals surface area contributed by atoms with Crippen LogP contribution >= 0.6 is 0 Å². The van der Waals surface area contributed by atoms with E-state index < -0.39 is 0 Å². The minimum Gasteiger partial charge on any atom is -0.330 e. The number of hydrogen-bond donors (Lipinski definition) is 4. The fraction of sp³-hybridized carbons (Fsp3) is 1.00. The van der Waals surface area contributed by atoms with E-state index in [-0.39, 0.29) is 12.1 Å². The van der Waals surface area contributed by atoms with Crippen LogP contribution in [-0.2, 0) is 0 Å². The molecule has 4 nitrogen and oxygen atoms in total. The molecule has 0 aromatic heterocycles. The second-order valence-electron chi connectivity index (χ2n) is 3.90. The molecule has 0 spiro atoms. The van der Waals surface area contributed by atoms with E-state index in [1.54, 1.807) is 0 Å². The lowest BCUT2D eigenvalue weighted by atomic mass is 9.98. The van der Waals surface area contributed by atoms with Crippen molar-refractivity contribution in [3.63, 3.8) is 0 Å². The van der Waals surface area contributed by atoms with Gasteiger partial charge in [0, 0.05) is 12.1 Å². The van der Waals surface area contributed by atoms with Crippen LogP contribution in [-0.4, -0.2) is 25.2 Å². The summed E-state index contributed by atoms with van der Waals surface area (Å²) in [6, 6.07) is 0.249. The lowest BCUT2D eigenvalue weighted by Gasteiger charge is -2.19. The standard InChI is InChI=1S/C10H26N4/c11-7-3-1-5-9(13)10(14)6-2-4-8-12/h9-10H,1-8,11-14H2. The van der Waals surface area contributed by atoms with Gasteiger partial charge in [0.1, 0.15) is 0 Å². The van der Waals surface area contributed by atoms with Gasteiger partial charge in [-0.25, -0.2) is 0 Å². The van der Waals surface area contributed by atoms with Gasteiger partial charge in [0.15, 0.2) is 0 Å². The van der Waals surface area contributed by atoms with E-state index >= 15 is 0 Å². The zero-order valence-electron chi connectivity index (χ0n) is 9.12. The largest absolute Gasteiger partial charge is 0.330 e. The van der Waals surface area contributed by atoms with Gasteiger partial charge in [0.2, 0.25) is 0 Å². The maximum absolute atomic E-state index is 5.94. The molecule has 2 atom stereocenters. The molecule has 86 valence electrons. The van der Waals surface area contributed by atoms with E-state index in [9.17, 15) is 0 Å². The summed E-state index contributed by atoms with van der Waals surface area (Å²) in [5, 5.41) is 0. The zero-order chi connectivity index (χ0) is 10.8. The third-order valence-electron chi connectivity index (χ3n) is 2.53. The van der Waals surface area contributed by atoms with Crippen LogP contribution in [0.2, 0.25) is 0 Å².